The number of halogens is 2. The Morgan fingerprint density at radius 1 is 1.21 bits per heavy atom. The van der Waals surface area contributed by atoms with Crippen molar-refractivity contribution in [1.82, 2.24) is 14.9 Å². The molecule has 0 radical (unpaired) electrons. The van der Waals surface area contributed by atoms with Gasteiger partial charge in [0.25, 0.3) is 0 Å². The van der Waals surface area contributed by atoms with E-state index in [-0.39, 0.29) is 6.09 Å². The Labute approximate surface area is 183 Å². The van der Waals surface area contributed by atoms with Gasteiger partial charge in [-0.3, -0.25) is 0 Å². The molecule has 0 unspecified atom stereocenters. The highest BCUT2D eigenvalue weighted by molar-refractivity contribution is 14.1. The van der Waals surface area contributed by atoms with Gasteiger partial charge in [0.1, 0.15) is 5.60 Å². The lowest BCUT2D eigenvalue weighted by Gasteiger charge is -2.36. The number of aromatic nitrogens is 2. The smallest absolute Gasteiger partial charge is 0.410 e. The molecule has 2 heterocycles. The zero-order valence-electron chi connectivity index (χ0n) is 16.6. The first-order valence-corrected chi connectivity index (χ1v) is 10.8. The maximum atomic E-state index is 12.3. The number of hydrogen-bond donors (Lipinski definition) is 1. The summed E-state index contributed by atoms with van der Waals surface area (Å²) in [6, 6.07) is 3.79. The van der Waals surface area contributed by atoms with E-state index in [2.05, 4.69) is 32.8 Å². The number of ether oxygens (including phenoxy) is 1. The van der Waals surface area contributed by atoms with Crippen LogP contribution in [0.1, 0.15) is 27.7 Å². The highest BCUT2D eigenvalue weighted by atomic mass is 127. The van der Waals surface area contributed by atoms with Crippen LogP contribution in [0.25, 0.3) is 11.0 Å². The number of nitrogens with one attached hydrogen (secondary N) is 1. The van der Waals surface area contributed by atoms with Gasteiger partial charge < -0.3 is 19.9 Å². The fourth-order valence-electron chi connectivity index (χ4n) is 2.98. The summed E-state index contributed by atoms with van der Waals surface area (Å²) in [5.41, 5.74) is 1.08. The zero-order valence-corrected chi connectivity index (χ0v) is 19.5. The summed E-state index contributed by atoms with van der Waals surface area (Å²) in [5, 5.41) is 3.97. The van der Waals surface area contributed by atoms with E-state index in [1.54, 1.807) is 4.90 Å². The lowest BCUT2D eigenvalue weighted by molar-refractivity contribution is 0.0240. The van der Waals surface area contributed by atoms with Crippen molar-refractivity contribution in [3.63, 3.8) is 0 Å². The molecule has 1 aromatic heterocycles. The Hall–Kier alpha value is -1.55. The average Bonchev–Trinajstić information content (AvgIpc) is 2.61. The molecule has 1 fully saturated rings. The molecule has 0 bridgehead atoms. The Kier molecular flexibility index (Phi) is 6.38. The predicted molar refractivity (Wildman–Crippen MR) is 121 cm³/mol. The molecule has 1 aromatic carbocycles. The van der Waals surface area contributed by atoms with Crippen LogP contribution in [0, 0.1) is 3.57 Å². The Balaban J connectivity index is 1.82. The van der Waals surface area contributed by atoms with Gasteiger partial charge in [0, 0.05) is 36.3 Å². The molecular weight excluding hydrogens is 493 g/mol. The first kappa shape index (κ1) is 21.2. The summed E-state index contributed by atoms with van der Waals surface area (Å²) < 4.78 is 6.42. The molecule has 1 aliphatic heterocycles. The molecule has 1 amide bonds. The Bertz CT molecular complexity index is 879. The summed E-state index contributed by atoms with van der Waals surface area (Å²) in [4.78, 5) is 25.8. The van der Waals surface area contributed by atoms with Gasteiger partial charge in [0.15, 0.2) is 11.6 Å². The van der Waals surface area contributed by atoms with Crippen LogP contribution >= 0.6 is 34.2 Å². The third-order valence-corrected chi connectivity index (χ3v) is 5.79. The van der Waals surface area contributed by atoms with Crippen molar-refractivity contribution in [2.45, 2.75) is 33.3 Å². The van der Waals surface area contributed by atoms with Gasteiger partial charge in [-0.2, -0.15) is 0 Å². The molecule has 2 aromatic rings. The molecule has 152 valence electrons. The summed E-state index contributed by atoms with van der Waals surface area (Å²) in [5.74, 6) is 1.54. The van der Waals surface area contributed by atoms with E-state index >= 15 is 0 Å². The standard InChI is InChI=1S/C19H25ClIN5O2/c1-5-22-16-17(24-15-11-13(21)12(20)10-14(15)23-16)25-6-8-26(9-7-25)18(27)28-19(2,3)4/h10-11H,5-9H2,1-4H3,(H,22,23). The molecule has 3 rings (SSSR count). The minimum atomic E-state index is -0.491. The maximum absolute atomic E-state index is 12.3. The van der Waals surface area contributed by atoms with Crippen molar-refractivity contribution in [3.8, 4) is 0 Å². The monoisotopic (exact) mass is 517 g/mol. The lowest BCUT2D eigenvalue weighted by atomic mass is 10.2. The quantitative estimate of drug-likeness (QED) is 0.610. The fourth-order valence-corrected chi connectivity index (χ4v) is 3.58. The molecule has 0 atom stereocenters. The zero-order chi connectivity index (χ0) is 20.5. The molecule has 28 heavy (non-hydrogen) atoms. The molecule has 0 aliphatic carbocycles. The molecule has 0 spiro atoms. The molecule has 9 heteroatoms. The third kappa shape index (κ3) is 4.89. The topological polar surface area (TPSA) is 70.6 Å². The van der Waals surface area contributed by atoms with Crippen LogP contribution < -0.4 is 10.2 Å². The lowest BCUT2D eigenvalue weighted by Crippen LogP contribution is -2.50. The van der Waals surface area contributed by atoms with Gasteiger partial charge in [-0.05, 0) is 62.4 Å². The molecule has 1 aliphatic rings. The molecule has 1 N–H and O–H groups in total. The van der Waals surface area contributed by atoms with Crippen molar-refractivity contribution >= 4 is 63.0 Å². The predicted octanol–water partition coefficient (Wildman–Crippen LogP) is 4.38. The second-order valence-electron chi connectivity index (χ2n) is 7.64. The number of rotatable bonds is 3. The van der Waals surface area contributed by atoms with Crippen molar-refractivity contribution in [2.75, 3.05) is 42.9 Å². The van der Waals surface area contributed by atoms with Crippen LogP contribution in [0.5, 0.6) is 0 Å². The van der Waals surface area contributed by atoms with Crippen LogP contribution in [-0.2, 0) is 4.74 Å². The highest BCUT2D eigenvalue weighted by Gasteiger charge is 2.27. The van der Waals surface area contributed by atoms with Crippen LogP contribution in [0.3, 0.4) is 0 Å². The second kappa shape index (κ2) is 8.44. The van der Waals surface area contributed by atoms with Gasteiger partial charge in [0.2, 0.25) is 0 Å². The SMILES string of the molecule is CCNc1nc2cc(Cl)c(I)cc2nc1N1CCN(C(=O)OC(C)(C)C)CC1. The van der Waals surface area contributed by atoms with E-state index < -0.39 is 5.60 Å². The summed E-state index contributed by atoms with van der Waals surface area (Å²) in [7, 11) is 0. The maximum Gasteiger partial charge on any atom is 0.410 e. The van der Waals surface area contributed by atoms with E-state index in [4.69, 9.17) is 26.3 Å². The second-order valence-corrected chi connectivity index (χ2v) is 9.21. The van der Waals surface area contributed by atoms with Gasteiger partial charge in [-0.1, -0.05) is 11.6 Å². The van der Waals surface area contributed by atoms with Crippen molar-refractivity contribution in [1.29, 1.82) is 0 Å². The first-order chi connectivity index (χ1) is 13.2. The van der Waals surface area contributed by atoms with Gasteiger partial charge in [0.05, 0.1) is 16.1 Å². The van der Waals surface area contributed by atoms with Crippen molar-refractivity contribution in [3.05, 3.63) is 20.7 Å². The van der Waals surface area contributed by atoms with Crippen LogP contribution in [0.4, 0.5) is 16.4 Å². The number of anilines is 2. The normalized spacial score (nSPS) is 15.1. The average molecular weight is 518 g/mol. The number of nitrogens with zero attached hydrogens (tertiary/aromatic N) is 4. The molecular formula is C19H25ClIN5O2. The van der Waals surface area contributed by atoms with Gasteiger partial charge in [-0.25, -0.2) is 14.8 Å². The molecule has 1 saturated heterocycles. The van der Waals surface area contributed by atoms with E-state index in [1.165, 1.54) is 0 Å². The van der Waals surface area contributed by atoms with E-state index in [9.17, 15) is 4.79 Å². The summed E-state index contributed by atoms with van der Waals surface area (Å²) >= 11 is 8.44. The van der Waals surface area contributed by atoms with E-state index in [1.807, 2.05) is 39.8 Å². The summed E-state index contributed by atoms with van der Waals surface area (Å²) in [6.45, 7) is 10.9. The van der Waals surface area contributed by atoms with E-state index in [0.29, 0.717) is 31.2 Å². The molecule has 7 nitrogen and oxygen atoms in total. The number of piperazine rings is 1. The highest BCUT2D eigenvalue weighted by Crippen LogP contribution is 2.29. The first-order valence-electron chi connectivity index (χ1n) is 9.31. The number of hydrogen-bond acceptors (Lipinski definition) is 6. The van der Waals surface area contributed by atoms with Crippen LogP contribution in [0.2, 0.25) is 5.02 Å². The van der Waals surface area contributed by atoms with Crippen molar-refractivity contribution < 1.29 is 9.53 Å². The Morgan fingerprint density at radius 2 is 1.86 bits per heavy atom. The Morgan fingerprint density at radius 3 is 2.46 bits per heavy atom. The van der Waals surface area contributed by atoms with Crippen LogP contribution in [-0.4, -0.2) is 59.3 Å². The number of amides is 1. The fraction of sp³-hybridized carbons (Fsp3) is 0.526. The van der Waals surface area contributed by atoms with Crippen molar-refractivity contribution in [2.24, 2.45) is 0 Å². The largest absolute Gasteiger partial charge is 0.444 e. The van der Waals surface area contributed by atoms with Gasteiger partial charge in [-0.15, -0.1) is 0 Å². The number of carbonyl (C=O) groups is 1. The number of fused-ring (bicyclic) bond motifs is 1. The molecule has 0 saturated carbocycles. The number of carbonyl (C=O) groups excluding carboxylic acids is 1. The van der Waals surface area contributed by atoms with E-state index in [0.717, 1.165) is 32.8 Å². The van der Waals surface area contributed by atoms with Crippen LogP contribution in [0.15, 0.2) is 12.1 Å². The third-order valence-electron chi connectivity index (χ3n) is 4.26. The minimum absolute atomic E-state index is 0.271. The minimum Gasteiger partial charge on any atom is -0.444 e. The van der Waals surface area contributed by atoms with Gasteiger partial charge >= 0.3 is 6.09 Å². The number of benzene rings is 1. The summed E-state index contributed by atoms with van der Waals surface area (Å²) in [6.07, 6.45) is -0.271.